The number of benzene rings is 2. The molecule has 1 fully saturated rings. The predicted molar refractivity (Wildman–Crippen MR) is 154 cm³/mol. The Morgan fingerprint density at radius 1 is 1.12 bits per heavy atom. The maximum atomic E-state index is 14.9. The second kappa shape index (κ2) is 13.0. The molecule has 11 nitrogen and oxygen atoms in total. The van der Waals surface area contributed by atoms with Crippen molar-refractivity contribution in [2.45, 2.75) is 39.7 Å². The van der Waals surface area contributed by atoms with Crippen LogP contribution in [0.3, 0.4) is 0 Å². The summed E-state index contributed by atoms with van der Waals surface area (Å²) in [5.74, 6) is -1.93. The Kier molecular flexibility index (Phi) is 9.23. The van der Waals surface area contributed by atoms with Crippen molar-refractivity contribution in [3.8, 4) is 11.4 Å². The van der Waals surface area contributed by atoms with E-state index in [-0.39, 0.29) is 28.9 Å². The summed E-state index contributed by atoms with van der Waals surface area (Å²) in [5.41, 5.74) is 0.734. The Bertz CT molecular complexity index is 1520. The zero-order valence-corrected chi connectivity index (χ0v) is 23.3. The van der Waals surface area contributed by atoms with E-state index in [1.54, 1.807) is 35.7 Å². The number of urea groups is 1. The smallest absolute Gasteiger partial charge is 0.322 e. The third-order valence-corrected chi connectivity index (χ3v) is 6.65. The van der Waals surface area contributed by atoms with Gasteiger partial charge >= 0.3 is 6.03 Å². The lowest BCUT2D eigenvalue weighted by Gasteiger charge is -2.18. The molecule has 0 spiro atoms. The fraction of sp³-hybridized carbons (Fsp3) is 0.310. The molecular formula is C29H34FN7O4. The quantitative estimate of drug-likeness (QED) is 0.231. The van der Waals surface area contributed by atoms with Crippen molar-refractivity contribution in [2.75, 3.05) is 25.5 Å². The first-order valence-electron chi connectivity index (χ1n) is 13.4. The molecule has 41 heavy (non-hydrogen) atoms. The van der Waals surface area contributed by atoms with Crippen LogP contribution in [0.15, 0.2) is 65.2 Å². The molecule has 0 unspecified atom stereocenters. The maximum absolute atomic E-state index is 14.9. The molecule has 216 valence electrons. The molecule has 4 rings (SSSR count). The molecule has 0 radical (unpaired) electrons. The Morgan fingerprint density at radius 2 is 1.83 bits per heavy atom. The number of hydrogen-bond donors (Lipinski definition) is 4. The minimum absolute atomic E-state index is 0.0366. The zero-order chi connectivity index (χ0) is 29.5. The lowest BCUT2D eigenvalue weighted by atomic mass is 10.2. The summed E-state index contributed by atoms with van der Waals surface area (Å²) < 4.78 is 23.4. The summed E-state index contributed by atoms with van der Waals surface area (Å²) in [5, 5.41) is 16.1. The number of carbonyl (C=O) groups excluding carboxylic acids is 2. The largest absolute Gasteiger partial charge is 0.436 e. The van der Waals surface area contributed by atoms with E-state index < -0.39 is 23.2 Å². The predicted octanol–water partition coefficient (Wildman–Crippen LogP) is 3.97. The highest BCUT2D eigenvalue weighted by Crippen LogP contribution is 2.23. The normalized spacial score (nSPS) is 13.2. The lowest BCUT2D eigenvalue weighted by molar-refractivity contribution is 0.102. The zero-order valence-electron chi connectivity index (χ0n) is 23.3. The molecule has 3 amide bonds. The summed E-state index contributed by atoms with van der Waals surface area (Å²) in [6.07, 6.45) is 3.86. The Balaban J connectivity index is 1.48. The molecule has 2 aromatic carbocycles. The van der Waals surface area contributed by atoms with Crippen molar-refractivity contribution in [1.29, 1.82) is 5.41 Å². The van der Waals surface area contributed by atoms with Crippen LogP contribution in [0.25, 0.3) is 5.69 Å². The molecule has 2 heterocycles. The number of rotatable bonds is 9. The molecule has 12 heteroatoms. The highest BCUT2D eigenvalue weighted by atomic mass is 19.1. The van der Waals surface area contributed by atoms with Gasteiger partial charge in [-0.3, -0.25) is 25.0 Å². The van der Waals surface area contributed by atoms with E-state index >= 15 is 0 Å². The van der Waals surface area contributed by atoms with Crippen LogP contribution in [0.2, 0.25) is 0 Å². The van der Waals surface area contributed by atoms with Gasteiger partial charge in [0.25, 0.3) is 11.5 Å². The lowest BCUT2D eigenvalue weighted by Crippen LogP contribution is -2.40. The topological polar surface area (TPSA) is 133 Å². The number of carbonyl (C=O) groups is 2. The van der Waals surface area contributed by atoms with Crippen molar-refractivity contribution >= 4 is 23.5 Å². The summed E-state index contributed by atoms with van der Waals surface area (Å²) >= 11 is 0. The van der Waals surface area contributed by atoms with Gasteiger partial charge < -0.3 is 20.3 Å². The number of amides is 3. The van der Waals surface area contributed by atoms with E-state index in [4.69, 9.17) is 10.1 Å². The summed E-state index contributed by atoms with van der Waals surface area (Å²) in [7, 11) is 1.58. The molecule has 1 aliphatic rings. The molecule has 1 aliphatic heterocycles. The van der Waals surface area contributed by atoms with Gasteiger partial charge in [-0.15, -0.1) is 0 Å². The third-order valence-electron chi connectivity index (χ3n) is 6.65. The highest BCUT2D eigenvalue weighted by Gasteiger charge is 2.24. The molecule has 0 aliphatic carbocycles. The van der Waals surface area contributed by atoms with Crippen molar-refractivity contribution in [2.24, 2.45) is 0 Å². The van der Waals surface area contributed by atoms with Crippen molar-refractivity contribution < 1.29 is 18.7 Å². The molecule has 0 saturated carbocycles. The van der Waals surface area contributed by atoms with Crippen molar-refractivity contribution in [3.63, 3.8) is 0 Å². The standard InChI is InChI=1S/C29H34FN7O4/c1-4-14-36-19(2)26(28(39)37(36)21-10-6-5-7-11-21)27(38)33-20-12-13-23(22(30)17-20)41-24(31)18-25(32-3)34-29(40)35-15-8-9-16-35/h5-7,10-13,17-18,31-32H,4,8-9,14-16H2,1-3H3,(H,33,38)(H,34,40)/b25-18+,31-24?. The molecule has 0 bridgehead atoms. The minimum atomic E-state index is -0.824. The second-order valence-corrected chi connectivity index (χ2v) is 9.53. The number of nitrogens with one attached hydrogen (secondary N) is 4. The van der Waals surface area contributed by atoms with Gasteiger partial charge in [-0.2, -0.15) is 0 Å². The van der Waals surface area contributed by atoms with Crippen LogP contribution >= 0.6 is 0 Å². The second-order valence-electron chi connectivity index (χ2n) is 9.53. The summed E-state index contributed by atoms with van der Waals surface area (Å²) in [6, 6.07) is 12.5. The van der Waals surface area contributed by atoms with E-state index in [0.717, 1.165) is 25.3 Å². The van der Waals surface area contributed by atoms with E-state index in [2.05, 4.69) is 16.0 Å². The number of halogens is 1. The number of aromatic nitrogens is 2. The SMILES string of the molecule is CCCn1c(C)c(C(=O)Nc2ccc(OC(=N)/C=C(\NC)NC(=O)N3CCCC3)c(F)c2)c(=O)n1-c1ccccc1. The highest BCUT2D eigenvalue weighted by molar-refractivity contribution is 6.05. The minimum Gasteiger partial charge on any atom is -0.436 e. The first-order valence-corrected chi connectivity index (χ1v) is 13.4. The number of hydrogen-bond acceptors (Lipinski definition) is 6. The number of likely N-dealkylation sites (tertiary alicyclic amines) is 1. The Morgan fingerprint density at radius 3 is 2.46 bits per heavy atom. The van der Waals surface area contributed by atoms with Gasteiger partial charge in [-0.1, -0.05) is 25.1 Å². The maximum Gasteiger partial charge on any atom is 0.322 e. The van der Waals surface area contributed by atoms with Gasteiger partial charge in [-0.05, 0) is 50.5 Å². The number of anilines is 1. The fourth-order valence-electron chi connectivity index (χ4n) is 4.64. The molecular weight excluding hydrogens is 529 g/mol. The van der Waals surface area contributed by atoms with E-state index in [9.17, 15) is 18.8 Å². The molecule has 0 atom stereocenters. The molecule has 4 N–H and O–H groups in total. The van der Waals surface area contributed by atoms with Gasteiger partial charge in [0.1, 0.15) is 11.4 Å². The van der Waals surface area contributed by atoms with Crippen LogP contribution in [0.1, 0.15) is 42.2 Å². The first kappa shape index (κ1) is 29.1. The molecule has 1 saturated heterocycles. The number of nitrogens with zero attached hydrogens (tertiary/aromatic N) is 3. The van der Waals surface area contributed by atoms with Crippen LogP contribution in [-0.2, 0) is 6.54 Å². The Labute approximate surface area is 237 Å². The van der Waals surface area contributed by atoms with Gasteiger partial charge in [0, 0.05) is 44.5 Å². The monoisotopic (exact) mass is 563 g/mol. The molecule has 3 aromatic rings. The fourth-order valence-corrected chi connectivity index (χ4v) is 4.64. The van der Waals surface area contributed by atoms with Crippen LogP contribution < -0.4 is 26.2 Å². The van der Waals surface area contributed by atoms with Crippen LogP contribution in [0.5, 0.6) is 5.75 Å². The Hall–Kier alpha value is -4.87. The van der Waals surface area contributed by atoms with Gasteiger partial charge in [-0.25, -0.2) is 13.9 Å². The first-order chi connectivity index (χ1) is 19.7. The number of para-hydroxylation sites is 1. The van der Waals surface area contributed by atoms with Crippen LogP contribution in [0, 0.1) is 18.2 Å². The average molecular weight is 564 g/mol. The van der Waals surface area contributed by atoms with Gasteiger partial charge in [0.15, 0.2) is 11.6 Å². The van der Waals surface area contributed by atoms with Crippen LogP contribution in [-0.4, -0.2) is 52.2 Å². The van der Waals surface area contributed by atoms with E-state index in [0.29, 0.717) is 31.0 Å². The van der Waals surface area contributed by atoms with Crippen molar-refractivity contribution in [1.82, 2.24) is 24.9 Å². The van der Waals surface area contributed by atoms with Crippen molar-refractivity contribution in [3.05, 3.63) is 87.9 Å². The van der Waals surface area contributed by atoms with E-state index in [1.807, 2.05) is 25.1 Å². The number of ether oxygens (including phenoxy) is 1. The third kappa shape index (κ3) is 6.65. The summed E-state index contributed by atoms with van der Waals surface area (Å²) in [4.78, 5) is 40.5. The van der Waals surface area contributed by atoms with Gasteiger partial charge in [0.2, 0.25) is 5.90 Å². The summed E-state index contributed by atoms with van der Waals surface area (Å²) in [6.45, 7) is 5.54. The van der Waals surface area contributed by atoms with E-state index in [1.165, 1.54) is 22.9 Å². The van der Waals surface area contributed by atoms with Gasteiger partial charge in [0.05, 0.1) is 11.4 Å². The molecule has 1 aromatic heterocycles. The average Bonchev–Trinajstić information content (AvgIpc) is 3.57. The van der Waals surface area contributed by atoms with Crippen LogP contribution in [0.4, 0.5) is 14.9 Å².